The molecule has 0 aliphatic carbocycles. The molecule has 0 saturated carbocycles. The molecule has 0 aromatic carbocycles. The van der Waals surface area contributed by atoms with Crippen LogP contribution in [0.15, 0.2) is 12.4 Å². The van der Waals surface area contributed by atoms with Gasteiger partial charge in [0.25, 0.3) is 0 Å². The molecule has 2 heterocycles. The minimum atomic E-state index is -0.507. The number of amides is 1. The van der Waals surface area contributed by atoms with Gasteiger partial charge in [0.1, 0.15) is 5.82 Å². The maximum Gasteiger partial charge on any atom is 0.230 e. The van der Waals surface area contributed by atoms with Crippen LogP contribution in [0.4, 0.5) is 0 Å². The highest BCUT2D eigenvalue weighted by Gasteiger charge is 2.27. The van der Waals surface area contributed by atoms with Gasteiger partial charge in [-0.25, -0.2) is 4.98 Å². The number of carbonyl (C=O) groups excluding carboxylic acids is 1. The summed E-state index contributed by atoms with van der Waals surface area (Å²) < 4.78 is 2.02. The molecule has 0 bridgehead atoms. The first-order valence-electron chi connectivity index (χ1n) is 5.65. The van der Waals surface area contributed by atoms with Gasteiger partial charge >= 0.3 is 0 Å². The van der Waals surface area contributed by atoms with Crippen molar-refractivity contribution in [1.82, 2.24) is 14.9 Å². The Morgan fingerprint density at radius 2 is 2.62 bits per heavy atom. The fourth-order valence-electron chi connectivity index (χ4n) is 2.03. The van der Waals surface area contributed by atoms with Crippen molar-refractivity contribution in [3.8, 4) is 0 Å². The van der Waals surface area contributed by atoms with Crippen molar-refractivity contribution in [3.63, 3.8) is 0 Å². The van der Waals surface area contributed by atoms with Gasteiger partial charge in [-0.3, -0.25) is 4.79 Å². The molecule has 0 saturated heterocycles. The molecule has 2 unspecified atom stereocenters. The number of rotatable bonds is 3. The highest BCUT2D eigenvalue weighted by Crippen LogP contribution is 2.25. The molecule has 88 valence electrons. The molecule has 1 aromatic rings. The quantitative estimate of drug-likeness (QED) is 0.772. The van der Waals surface area contributed by atoms with Crippen LogP contribution in [0.25, 0.3) is 0 Å². The van der Waals surface area contributed by atoms with Crippen molar-refractivity contribution in [3.05, 3.63) is 18.2 Å². The molecule has 0 fully saturated rings. The van der Waals surface area contributed by atoms with Gasteiger partial charge in [-0.05, 0) is 19.8 Å². The number of nitrogens with zero attached hydrogens (tertiary/aromatic N) is 2. The number of aliphatic hydroxyl groups is 1. The summed E-state index contributed by atoms with van der Waals surface area (Å²) in [4.78, 5) is 16.1. The van der Waals surface area contributed by atoms with E-state index in [1.165, 1.54) is 0 Å². The van der Waals surface area contributed by atoms with Crippen LogP contribution >= 0.6 is 0 Å². The van der Waals surface area contributed by atoms with E-state index < -0.39 is 6.10 Å². The number of aryl methyl sites for hydroxylation is 1. The van der Waals surface area contributed by atoms with Crippen molar-refractivity contribution in [1.29, 1.82) is 0 Å². The molecular weight excluding hydrogens is 206 g/mol. The van der Waals surface area contributed by atoms with Gasteiger partial charge in [0, 0.05) is 25.5 Å². The number of hydrogen-bond acceptors (Lipinski definition) is 3. The molecule has 2 N–H and O–H groups in total. The average Bonchev–Trinajstić information content (AvgIpc) is 2.73. The third-order valence-corrected chi connectivity index (χ3v) is 2.84. The molecule has 5 heteroatoms. The predicted molar refractivity (Wildman–Crippen MR) is 58.9 cm³/mol. The first-order chi connectivity index (χ1) is 7.68. The Morgan fingerprint density at radius 3 is 3.38 bits per heavy atom. The molecule has 1 aromatic heterocycles. The van der Waals surface area contributed by atoms with Gasteiger partial charge < -0.3 is 15.0 Å². The fourth-order valence-corrected chi connectivity index (χ4v) is 2.03. The second-order valence-electron chi connectivity index (χ2n) is 4.27. The summed E-state index contributed by atoms with van der Waals surface area (Å²) in [6.07, 6.45) is 4.96. The molecule has 1 amide bonds. The lowest BCUT2D eigenvalue weighted by Gasteiger charge is -2.22. The standard InChI is InChI=1S/C11H17N3O2/c1-8(15)7-13-11(16)9-3-2-5-14-6-4-12-10(9)14/h4,6,8-9,15H,2-3,5,7H2,1H3,(H,13,16). The molecular formula is C11H17N3O2. The molecule has 16 heavy (non-hydrogen) atoms. The minimum absolute atomic E-state index is 0.0342. The number of aliphatic hydroxyl groups excluding tert-OH is 1. The maximum absolute atomic E-state index is 11.9. The van der Waals surface area contributed by atoms with Crippen molar-refractivity contribution in [2.24, 2.45) is 0 Å². The van der Waals surface area contributed by atoms with Crippen LogP contribution in [0, 0.1) is 0 Å². The minimum Gasteiger partial charge on any atom is -0.392 e. The van der Waals surface area contributed by atoms with E-state index in [1.54, 1.807) is 13.1 Å². The Balaban J connectivity index is 2.03. The van der Waals surface area contributed by atoms with Gasteiger partial charge in [-0.1, -0.05) is 0 Å². The summed E-state index contributed by atoms with van der Waals surface area (Å²) >= 11 is 0. The predicted octanol–water partition coefficient (Wildman–Crippen LogP) is 0.257. The lowest BCUT2D eigenvalue weighted by atomic mass is 9.98. The van der Waals surface area contributed by atoms with Gasteiger partial charge in [-0.15, -0.1) is 0 Å². The van der Waals surface area contributed by atoms with E-state index in [1.807, 2.05) is 10.8 Å². The summed E-state index contributed by atoms with van der Waals surface area (Å²) in [6, 6.07) is 0. The number of imidazole rings is 1. The fraction of sp³-hybridized carbons (Fsp3) is 0.636. The summed E-state index contributed by atoms with van der Waals surface area (Å²) in [5.41, 5.74) is 0. The Hall–Kier alpha value is -1.36. The Labute approximate surface area is 94.5 Å². The number of hydrogen-bond donors (Lipinski definition) is 2. The third kappa shape index (κ3) is 2.24. The van der Waals surface area contributed by atoms with Crippen LogP contribution in [0.2, 0.25) is 0 Å². The van der Waals surface area contributed by atoms with Crippen molar-refractivity contribution in [2.45, 2.75) is 38.3 Å². The Bertz CT molecular complexity index is 373. The van der Waals surface area contributed by atoms with Crippen molar-refractivity contribution < 1.29 is 9.90 Å². The van der Waals surface area contributed by atoms with Gasteiger partial charge in [0.2, 0.25) is 5.91 Å². The van der Waals surface area contributed by atoms with Gasteiger partial charge in [0.05, 0.1) is 12.0 Å². The molecule has 0 spiro atoms. The van der Waals surface area contributed by atoms with Crippen LogP contribution in [-0.2, 0) is 11.3 Å². The number of carbonyl (C=O) groups is 1. The zero-order valence-corrected chi connectivity index (χ0v) is 9.39. The zero-order chi connectivity index (χ0) is 11.5. The van der Waals surface area contributed by atoms with Crippen LogP contribution in [-0.4, -0.2) is 33.2 Å². The van der Waals surface area contributed by atoms with E-state index in [0.717, 1.165) is 25.2 Å². The van der Waals surface area contributed by atoms with E-state index in [9.17, 15) is 4.79 Å². The van der Waals surface area contributed by atoms with E-state index in [2.05, 4.69) is 10.3 Å². The maximum atomic E-state index is 11.9. The van der Waals surface area contributed by atoms with Gasteiger partial charge in [0.15, 0.2) is 0 Å². The topological polar surface area (TPSA) is 67.2 Å². The molecule has 2 atom stereocenters. The largest absolute Gasteiger partial charge is 0.392 e. The normalized spacial score (nSPS) is 21.2. The highest BCUT2D eigenvalue weighted by molar-refractivity contribution is 5.82. The van der Waals surface area contributed by atoms with Crippen LogP contribution in [0.5, 0.6) is 0 Å². The summed E-state index contributed by atoms with van der Waals surface area (Å²) in [6.45, 7) is 2.90. The third-order valence-electron chi connectivity index (χ3n) is 2.84. The highest BCUT2D eigenvalue weighted by atomic mass is 16.3. The second-order valence-corrected chi connectivity index (χ2v) is 4.27. The summed E-state index contributed by atoms with van der Waals surface area (Å²) in [5.74, 6) is 0.643. The van der Waals surface area contributed by atoms with E-state index in [0.29, 0.717) is 6.54 Å². The second kappa shape index (κ2) is 4.65. The van der Waals surface area contributed by atoms with E-state index in [-0.39, 0.29) is 11.8 Å². The molecule has 0 radical (unpaired) electrons. The number of aromatic nitrogens is 2. The molecule has 1 aliphatic heterocycles. The van der Waals surface area contributed by atoms with Crippen LogP contribution < -0.4 is 5.32 Å². The lowest BCUT2D eigenvalue weighted by molar-refractivity contribution is -0.123. The first kappa shape index (κ1) is 11.1. The first-order valence-corrected chi connectivity index (χ1v) is 5.65. The molecule has 2 rings (SSSR count). The van der Waals surface area contributed by atoms with E-state index in [4.69, 9.17) is 5.11 Å². The summed E-state index contributed by atoms with van der Waals surface area (Å²) in [7, 11) is 0. The van der Waals surface area contributed by atoms with Crippen molar-refractivity contribution >= 4 is 5.91 Å². The number of nitrogens with one attached hydrogen (secondary N) is 1. The average molecular weight is 223 g/mol. The number of fused-ring (bicyclic) bond motifs is 1. The Morgan fingerprint density at radius 1 is 1.81 bits per heavy atom. The van der Waals surface area contributed by atoms with E-state index >= 15 is 0 Å². The monoisotopic (exact) mass is 223 g/mol. The van der Waals surface area contributed by atoms with Crippen LogP contribution in [0.3, 0.4) is 0 Å². The summed E-state index contributed by atoms with van der Waals surface area (Å²) in [5, 5.41) is 11.9. The lowest BCUT2D eigenvalue weighted by Crippen LogP contribution is -2.36. The van der Waals surface area contributed by atoms with Crippen molar-refractivity contribution in [2.75, 3.05) is 6.54 Å². The zero-order valence-electron chi connectivity index (χ0n) is 9.39. The van der Waals surface area contributed by atoms with Gasteiger partial charge in [-0.2, -0.15) is 0 Å². The van der Waals surface area contributed by atoms with Crippen LogP contribution in [0.1, 0.15) is 31.5 Å². The smallest absolute Gasteiger partial charge is 0.230 e. The Kier molecular flexibility index (Phi) is 3.24. The SMILES string of the molecule is CC(O)CNC(=O)C1CCCn2ccnc21. The molecule has 5 nitrogen and oxygen atoms in total. The molecule has 1 aliphatic rings.